The molecule has 1 aliphatic heterocycles. The van der Waals surface area contributed by atoms with Crippen LogP contribution < -0.4 is 0 Å². The Bertz CT molecular complexity index is 1190. The molecule has 65 heavy (non-hydrogen) atoms. The van der Waals surface area contributed by atoms with Crippen molar-refractivity contribution in [2.45, 2.75) is 289 Å². The lowest BCUT2D eigenvalue weighted by Crippen LogP contribution is -2.61. The number of rotatable bonds is 45. The number of ether oxygens (including phenoxy) is 5. The highest BCUT2D eigenvalue weighted by Crippen LogP contribution is 2.26. The summed E-state index contributed by atoms with van der Waals surface area (Å²) in [5.74, 6) is -3.11. The highest BCUT2D eigenvalue weighted by molar-refractivity contribution is 5.74. The fourth-order valence-electron chi connectivity index (χ4n) is 8.19. The van der Waals surface area contributed by atoms with E-state index in [4.69, 9.17) is 23.7 Å². The molecule has 1 heterocycles. The molecule has 0 radical (unpaired) electrons. The molecule has 0 aromatic rings. The van der Waals surface area contributed by atoms with E-state index in [2.05, 4.69) is 32.9 Å². The summed E-state index contributed by atoms with van der Waals surface area (Å²) < 4.78 is 28.3. The second kappa shape index (κ2) is 42.8. The number of aliphatic carboxylic acids is 1. The first-order valence-electron chi connectivity index (χ1n) is 26.7. The summed E-state index contributed by atoms with van der Waals surface area (Å²) in [6.07, 6.45) is 32.1. The molecule has 0 bridgehead atoms. The minimum Gasteiger partial charge on any atom is -0.479 e. The lowest BCUT2D eigenvalue weighted by Gasteiger charge is -2.40. The van der Waals surface area contributed by atoms with Crippen molar-refractivity contribution >= 4 is 23.9 Å². The first kappa shape index (κ1) is 60.5. The van der Waals surface area contributed by atoms with Gasteiger partial charge in [0.2, 0.25) is 0 Å². The maximum Gasteiger partial charge on any atom is 0.335 e. The molecule has 0 spiro atoms. The van der Waals surface area contributed by atoms with Crippen LogP contribution in [0.3, 0.4) is 0 Å². The van der Waals surface area contributed by atoms with Crippen molar-refractivity contribution in [1.29, 1.82) is 0 Å². The van der Waals surface area contributed by atoms with Crippen LogP contribution in [0.5, 0.6) is 0 Å². The molecule has 6 atom stereocenters. The third-order valence-corrected chi connectivity index (χ3v) is 12.3. The van der Waals surface area contributed by atoms with Gasteiger partial charge in [0.15, 0.2) is 24.6 Å². The molecule has 1 aliphatic rings. The van der Waals surface area contributed by atoms with Gasteiger partial charge in [0.1, 0.15) is 18.8 Å². The number of hydrogen-bond acceptors (Lipinski definition) is 11. The van der Waals surface area contributed by atoms with Crippen molar-refractivity contribution in [3.8, 4) is 0 Å². The fraction of sp³-hybridized carbons (Fsp3) is 0.887. The largest absolute Gasteiger partial charge is 0.479 e. The van der Waals surface area contributed by atoms with Crippen LogP contribution in [0.4, 0.5) is 0 Å². The van der Waals surface area contributed by atoms with E-state index in [1.807, 2.05) is 0 Å². The summed E-state index contributed by atoms with van der Waals surface area (Å²) in [4.78, 5) is 50.7. The minimum atomic E-state index is -1.89. The van der Waals surface area contributed by atoms with Gasteiger partial charge in [0.05, 0.1) is 6.61 Å². The highest BCUT2D eigenvalue weighted by Gasteiger charge is 2.50. The van der Waals surface area contributed by atoms with Crippen LogP contribution in [0.15, 0.2) is 12.2 Å². The van der Waals surface area contributed by atoms with Crippen molar-refractivity contribution in [1.82, 2.24) is 0 Å². The molecule has 0 aromatic heterocycles. The SMILES string of the molecule is CCCCCCCC/C=C\CCCCCCCC(=O)OCC(COC1OC(C(=O)O)C(O)C(O)C1OC(=O)CCCCCCCCCCCCC)OC(=O)CCCCCCCCCCC. The van der Waals surface area contributed by atoms with E-state index in [0.717, 1.165) is 83.5 Å². The average molecular weight is 925 g/mol. The van der Waals surface area contributed by atoms with Crippen molar-refractivity contribution in [3.05, 3.63) is 12.2 Å². The van der Waals surface area contributed by atoms with E-state index < -0.39 is 67.3 Å². The quantitative estimate of drug-likeness (QED) is 0.0228. The third-order valence-electron chi connectivity index (χ3n) is 12.3. The molecule has 3 N–H and O–H groups in total. The second-order valence-electron chi connectivity index (χ2n) is 18.5. The van der Waals surface area contributed by atoms with E-state index in [0.29, 0.717) is 19.3 Å². The van der Waals surface area contributed by atoms with Crippen molar-refractivity contribution in [2.75, 3.05) is 13.2 Å². The minimum absolute atomic E-state index is 0.0666. The number of unbranched alkanes of at least 4 members (excludes halogenated alkanes) is 29. The first-order chi connectivity index (χ1) is 31.6. The van der Waals surface area contributed by atoms with Crippen LogP contribution in [0, 0.1) is 0 Å². The van der Waals surface area contributed by atoms with Crippen LogP contribution in [0.1, 0.15) is 252 Å². The molecule has 12 nitrogen and oxygen atoms in total. The number of aliphatic hydroxyl groups excluding tert-OH is 2. The summed E-state index contributed by atoms with van der Waals surface area (Å²) in [5.41, 5.74) is 0. The zero-order valence-corrected chi connectivity index (χ0v) is 41.5. The number of carboxylic acid groups (broad SMARTS) is 1. The molecule has 1 rings (SSSR count). The van der Waals surface area contributed by atoms with Gasteiger partial charge in [-0.3, -0.25) is 14.4 Å². The van der Waals surface area contributed by atoms with Gasteiger partial charge in [-0.15, -0.1) is 0 Å². The van der Waals surface area contributed by atoms with E-state index in [9.17, 15) is 34.5 Å². The molecule has 0 aliphatic carbocycles. The summed E-state index contributed by atoms with van der Waals surface area (Å²) in [6.45, 7) is 5.94. The maximum atomic E-state index is 13.0. The van der Waals surface area contributed by atoms with Crippen LogP contribution in [0.25, 0.3) is 0 Å². The van der Waals surface area contributed by atoms with Gasteiger partial charge in [-0.25, -0.2) is 4.79 Å². The maximum absolute atomic E-state index is 13.0. The van der Waals surface area contributed by atoms with Gasteiger partial charge in [-0.2, -0.15) is 0 Å². The van der Waals surface area contributed by atoms with Gasteiger partial charge >= 0.3 is 23.9 Å². The molecule has 0 amide bonds. The first-order valence-corrected chi connectivity index (χ1v) is 26.7. The Labute approximate surface area is 395 Å². The van der Waals surface area contributed by atoms with Crippen molar-refractivity contribution in [3.63, 3.8) is 0 Å². The van der Waals surface area contributed by atoms with Crippen molar-refractivity contribution in [2.24, 2.45) is 0 Å². The summed E-state index contributed by atoms with van der Waals surface area (Å²) >= 11 is 0. The molecule has 380 valence electrons. The molecule has 6 unspecified atom stereocenters. The Morgan fingerprint density at radius 1 is 0.492 bits per heavy atom. The van der Waals surface area contributed by atoms with Crippen LogP contribution in [-0.4, -0.2) is 89.2 Å². The number of hydrogen-bond donors (Lipinski definition) is 3. The Balaban J connectivity index is 2.70. The number of aliphatic hydroxyl groups is 2. The number of allylic oxidation sites excluding steroid dienone is 2. The lowest BCUT2D eigenvalue weighted by atomic mass is 9.98. The molecule has 12 heteroatoms. The Kier molecular flexibility index (Phi) is 39.8. The Morgan fingerprint density at radius 3 is 1.31 bits per heavy atom. The van der Waals surface area contributed by atoms with Crippen LogP contribution in [0.2, 0.25) is 0 Å². The normalized spacial score (nSPS) is 19.1. The van der Waals surface area contributed by atoms with E-state index in [1.54, 1.807) is 0 Å². The lowest BCUT2D eigenvalue weighted by molar-refractivity contribution is -0.301. The molecular weight excluding hydrogens is 829 g/mol. The summed E-state index contributed by atoms with van der Waals surface area (Å²) in [7, 11) is 0. The number of carbonyl (C=O) groups excluding carboxylic acids is 3. The smallest absolute Gasteiger partial charge is 0.335 e. The Hall–Kier alpha value is -2.54. The highest BCUT2D eigenvalue weighted by atomic mass is 16.7. The predicted octanol–water partition coefficient (Wildman–Crippen LogP) is 12.6. The van der Waals surface area contributed by atoms with Gasteiger partial charge < -0.3 is 39.0 Å². The fourth-order valence-corrected chi connectivity index (χ4v) is 8.19. The average Bonchev–Trinajstić information content (AvgIpc) is 3.29. The molecule has 1 saturated heterocycles. The Morgan fingerprint density at radius 2 is 0.877 bits per heavy atom. The van der Waals surface area contributed by atoms with E-state index in [1.165, 1.54) is 109 Å². The molecule has 0 aromatic carbocycles. The molecular formula is C53H96O12. The predicted molar refractivity (Wildman–Crippen MR) is 257 cm³/mol. The molecule has 1 fully saturated rings. The van der Waals surface area contributed by atoms with Crippen molar-refractivity contribution < 1.29 is 58.2 Å². The van der Waals surface area contributed by atoms with E-state index in [-0.39, 0.29) is 25.9 Å². The topological polar surface area (TPSA) is 175 Å². The van der Waals surface area contributed by atoms with Gasteiger partial charge in [-0.1, -0.05) is 200 Å². The summed E-state index contributed by atoms with van der Waals surface area (Å²) in [5, 5.41) is 31.3. The standard InChI is InChI=1S/C53H96O12/c1-4-7-10-13-16-19-21-22-23-24-26-28-30-33-36-39-45(54)61-42-44(63-46(55)40-37-34-31-27-18-15-12-9-6-3)43-62-53-51(49(58)48(57)50(65-53)52(59)60)64-47(56)41-38-35-32-29-25-20-17-14-11-8-5-2/h22-23,44,48-51,53,57-58H,4-21,24-43H2,1-3H3,(H,59,60)/b23-22-. The van der Waals surface area contributed by atoms with Crippen LogP contribution in [-0.2, 0) is 42.9 Å². The number of carboxylic acids is 1. The number of carbonyl (C=O) groups is 4. The number of esters is 3. The monoisotopic (exact) mass is 925 g/mol. The van der Waals surface area contributed by atoms with Gasteiger partial charge in [-0.05, 0) is 44.9 Å². The zero-order valence-electron chi connectivity index (χ0n) is 41.5. The van der Waals surface area contributed by atoms with E-state index >= 15 is 0 Å². The van der Waals surface area contributed by atoms with Crippen LogP contribution >= 0.6 is 0 Å². The molecule has 0 saturated carbocycles. The zero-order chi connectivity index (χ0) is 47.6. The second-order valence-corrected chi connectivity index (χ2v) is 18.5. The third kappa shape index (κ3) is 33.6. The van der Waals surface area contributed by atoms with Gasteiger partial charge in [0, 0.05) is 19.3 Å². The summed E-state index contributed by atoms with van der Waals surface area (Å²) in [6, 6.07) is 0. The van der Waals surface area contributed by atoms with Gasteiger partial charge in [0.25, 0.3) is 0 Å².